The summed E-state index contributed by atoms with van der Waals surface area (Å²) in [6, 6.07) is 3.05. The van der Waals surface area contributed by atoms with Crippen LogP contribution in [0.4, 0.5) is 4.39 Å². The number of halogens is 1. The number of imide groups is 1. The van der Waals surface area contributed by atoms with Gasteiger partial charge in [-0.3, -0.25) is 14.5 Å². The molecule has 4 rings (SSSR count). The van der Waals surface area contributed by atoms with Crippen LogP contribution in [0.3, 0.4) is 0 Å². The highest BCUT2D eigenvalue weighted by Gasteiger charge is 2.53. The van der Waals surface area contributed by atoms with Crippen molar-refractivity contribution in [3.8, 4) is 5.75 Å². The van der Waals surface area contributed by atoms with Gasteiger partial charge in [0.2, 0.25) is 21.8 Å². The number of amides is 2. The number of fused-ring (bicyclic) bond motifs is 1. The van der Waals surface area contributed by atoms with Gasteiger partial charge in [-0.25, -0.2) is 12.8 Å². The van der Waals surface area contributed by atoms with Gasteiger partial charge in [0.25, 0.3) is 0 Å². The SMILES string of the molecule is CCOc1ccc(S(=O)(=O)N2CC(N3C(=O)C4CC=CCC4C3=O)C2)cc1F. The zero-order chi connectivity index (χ0) is 20.1. The van der Waals surface area contributed by atoms with Crippen LogP contribution in [-0.4, -0.2) is 55.2 Å². The van der Waals surface area contributed by atoms with Gasteiger partial charge in [0.15, 0.2) is 11.6 Å². The summed E-state index contributed by atoms with van der Waals surface area (Å²) in [5.41, 5.74) is 0. The van der Waals surface area contributed by atoms with Gasteiger partial charge in [0.05, 0.1) is 29.4 Å². The molecule has 2 saturated heterocycles. The molecular formula is C19H21FN2O5S. The van der Waals surface area contributed by atoms with Crippen molar-refractivity contribution in [3.63, 3.8) is 0 Å². The minimum absolute atomic E-state index is 0.00703. The van der Waals surface area contributed by atoms with Crippen LogP contribution in [-0.2, 0) is 19.6 Å². The molecule has 1 aromatic rings. The summed E-state index contributed by atoms with van der Waals surface area (Å²) < 4.78 is 45.7. The number of nitrogens with zero attached hydrogens (tertiary/aromatic N) is 2. The van der Waals surface area contributed by atoms with Crippen LogP contribution < -0.4 is 4.74 Å². The third kappa shape index (κ3) is 2.93. The molecule has 0 radical (unpaired) electrons. The number of hydrogen-bond donors (Lipinski definition) is 0. The molecule has 0 saturated carbocycles. The number of hydrogen-bond acceptors (Lipinski definition) is 5. The van der Waals surface area contributed by atoms with Gasteiger partial charge in [-0.15, -0.1) is 0 Å². The van der Waals surface area contributed by atoms with E-state index in [0.717, 1.165) is 10.4 Å². The van der Waals surface area contributed by atoms with E-state index in [1.807, 2.05) is 12.2 Å². The molecule has 3 aliphatic rings. The maximum atomic E-state index is 14.0. The van der Waals surface area contributed by atoms with Gasteiger partial charge < -0.3 is 4.74 Å². The Bertz CT molecular complexity index is 929. The van der Waals surface area contributed by atoms with E-state index in [-0.39, 0.29) is 54.0 Å². The van der Waals surface area contributed by atoms with E-state index >= 15 is 0 Å². The Morgan fingerprint density at radius 3 is 2.25 bits per heavy atom. The molecule has 0 aromatic heterocycles. The highest BCUT2D eigenvalue weighted by Crippen LogP contribution is 2.38. The molecule has 150 valence electrons. The van der Waals surface area contributed by atoms with Gasteiger partial charge in [-0.2, -0.15) is 4.31 Å². The highest BCUT2D eigenvalue weighted by atomic mass is 32.2. The van der Waals surface area contributed by atoms with Crippen molar-refractivity contribution in [2.24, 2.45) is 11.8 Å². The molecule has 2 fully saturated rings. The van der Waals surface area contributed by atoms with E-state index in [4.69, 9.17) is 4.74 Å². The quantitative estimate of drug-likeness (QED) is 0.545. The molecule has 0 N–H and O–H groups in total. The lowest BCUT2D eigenvalue weighted by Crippen LogP contribution is -2.62. The molecule has 2 heterocycles. The Morgan fingerprint density at radius 1 is 1.11 bits per heavy atom. The molecule has 0 bridgehead atoms. The predicted octanol–water partition coefficient (Wildman–Crippen LogP) is 1.55. The molecule has 2 amide bonds. The van der Waals surface area contributed by atoms with Crippen LogP contribution in [0.5, 0.6) is 5.75 Å². The predicted molar refractivity (Wildman–Crippen MR) is 97.3 cm³/mol. The Morgan fingerprint density at radius 2 is 1.71 bits per heavy atom. The molecule has 9 heteroatoms. The summed E-state index contributed by atoms with van der Waals surface area (Å²) in [4.78, 5) is 26.3. The van der Waals surface area contributed by atoms with Crippen molar-refractivity contribution in [2.75, 3.05) is 19.7 Å². The van der Waals surface area contributed by atoms with Crippen LogP contribution >= 0.6 is 0 Å². The van der Waals surface area contributed by atoms with E-state index in [9.17, 15) is 22.4 Å². The van der Waals surface area contributed by atoms with Crippen LogP contribution in [0.2, 0.25) is 0 Å². The molecule has 1 aromatic carbocycles. The van der Waals surface area contributed by atoms with Crippen molar-refractivity contribution >= 4 is 21.8 Å². The van der Waals surface area contributed by atoms with Gasteiger partial charge in [-0.1, -0.05) is 12.2 Å². The van der Waals surface area contributed by atoms with Crippen LogP contribution in [0.15, 0.2) is 35.2 Å². The summed E-state index contributed by atoms with van der Waals surface area (Å²) in [6.07, 6.45) is 4.92. The minimum Gasteiger partial charge on any atom is -0.491 e. The van der Waals surface area contributed by atoms with Gasteiger partial charge >= 0.3 is 0 Å². The number of likely N-dealkylation sites (tertiary alicyclic amines) is 1. The lowest BCUT2D eigenvalue weighted by molar-refractivity contribution is -0.145. The van der Waals surface area contributed by atoms with E-state index in [1.165, 1.54) is 17.0 Å². The number of benzene rings is 1. The summed E-state index contributed by atoms with van der Waals surface area (Å²) in [5.74, 6) is -1.84. The number of ether oxygens (including phenoxy) is 1. The number of carbonyl (C=O) groups is 2. The Labute approximate surface area is 162 Å². The lowest BCUT2D eigenvalue weighted by atomic mass is 9.85. The molecule has 7 nitrogen and oxygen atoms in total. The molecule has 0 spiro atoms. The van der Waals surface area contributed by atoms with Crippen molar-refractivity contribution in [3.05, 3.63) is 36.2 Å². The fourth-order valence-corrected chi connectivity index (χ4v) is 5.55. The van der Waals surface area contributed by atoms with Crippen molar-refractivity contribution < 1.29 is 27.1 Å². The van der Waals surface area contributed by atoms with E-state index in [0.29, 0.717) is 12.8 Å². The first kappa shape index (κ1) is 19.1. The molecular weight excluding hydrogens is 387 g/mol. The second-order valence-corrected chi connectivity index (χ2v) is 9.14. The molecule has 2 atom stereocenters. The molecule has 1 aliphatic carbocycles. The molecule has 2 unspecified atom stereocenters. The minimum atomic E-state index is -3.90. The highest BCUT2D eigenvalue weighted by molar-refractivity contribution is 7.89. The standard InChI is InChI=1S/C19H21FN2O5S/c1-2-27-17-8-7-13(9-16(17)20)28(25,26)21-10-12(11-21)22-18(23)14-5-3-4-6-15(14)19(22)24/h3-4,7-9,12,14-15H,2,5-6,10-11H2,1H3. The van der Waals surface area contributed by atoms with Crippen molar-refractivity contribution in [1.82, 2.24) is 9.21 Å². The average Bonchev–Trinajstić information content (AvgIpc) is 2.88. The first-order valence-electron chi connectivity index (χ1n) is 9.29. The normalized spacial score (nSPS) is 25.7. The fourth-order valence-electron chi connectivity index (χ4n) is 4.03. The molecule has 28 heavy (non-hydrogen) atoms. The fraction of sp³-hybridized carbons (Fsp3) is 0.474. The Balaban J connectivity index is 1.47. The van der Waals surface area contributed by atoms with E-state index in [1.54, 1.807) is 6.92 Å². The zero-order valence-electron chi connectivity index (χ0n) is 15.4. The Kier molecular flexibility index (Phi) is 4.75. The van der Waals surface area contributed by atoms with Crippen molar-refractivity contribution in [1.29, 1.82) is 0 Å². The van der Waals surface area contributed by atoms with Gasteiger partial charge in [-0.05, 0) is 38.0 Å². The van der Waals surface area contributed by atoms with E-state index < -0.39 is 21.9 Å². The average molecular weight is 408 g/mol. The van der Waals surface area contributed by atoms with Crippen molar-refractivity contribution in [2.45, 2.75) is 30.7 Å². The largest absolute Gasteiger partial charge is 0.491 e. The monoisotopic (exact) mass is 408 g/mol. The van der Waals surface area contributed by atoms with E-state index in [2.05, 4.69) is 0 Å². The summed E-state index contributed by atoms with van der Waals surface area (Å²) in [6.45, 7) is 2.03. The first-order chi connectivity index (χ1) is 13.3. The lowest BCUT2D eigenvalue weighted by Gasteiger charge is -2.42. The van der Waals surface area contributed by atoms with Crippen LogP contribution in [0.1, 0.15) is 19.8 Å². The molecule has 2 aliphatic heterocycles. The third-order valence-electron chi connectivity index (χ3n) is 5.58. The Hall–Kier alpha value is -2.26. The smallest absolute Gasteiger partial charge is 0.243 e. The first-order valence-corrected chi connectivity index (χ1v) is 10.7. The zero-order valence-corrected chi connectivity index (χ0v) is 16.2. The maximum absolute atomic E-state index is 14.0. The summed E-state index contributed by atoms with van der Waals surface area (Å²) in [5, 5.41) is 0. The second-order valence-electron chi connectivity index (χ2n) is 7.20. The number of sulfonamides is 1. The number of rotatable bonds is 5. The van der Waals surface area contributed by atoms with Crippen LogP contribution in [0, 0.1) is 17.7 Å². The van der Waals surface area contributed by atoms with Gasteiger partial charge in [0.1, 0.15) is 0 Å². The number of allylic oxidation sites excluding steroid dienone is 2. The summed E-state index contributed by atoms with van der Waals surface area (Å²) >= 11 is 0. The third-order valence-corrected chi connectivity index (χ3v) is 7.40. The second kappa shape index (κ2) is 6.97. The maximum Gasteiger partial charge on any atom is 0.243 e. The topological polar surface area (TPSA) is 84.0 Å². The summed E-state index contributed by atoms with van der Waals surface area (Å²) in [7, 11) is -3.90. The number of carbonyl (C=O) groups excluding carboxylic acids is 2. The van der Waals surface area contributed by atoms with Gasteiger partial charge in [0, 0.05) is 13.1 Å². The van der Waals surface area contributed by atoms with Crippen LogP contribution in [0.25, 0.3) is 0 Å².